The van der Waals surface area contributed by atoms with Crippen LogP contribution in [0.2, 0.25) is 0 Å². The van der Waals surface area contributed by atoms with Gasteiger partial charge in [-0.15, -0.1) is 0 Å². The minimum atomic E-state index is -4.15. The van der Waals surface area contributed by atoms with E-state index in [9.17, 15) is 17.2 Å². The smallest absolute Gasteiger partial charge is 0.244 e. The van der Waals surface area contributed by atoms with Crippen LogP contribution in [-0.4, -0.2) is 14.0 Å². The van der Waals surface area contributed by atoms with Gasteiger partial charge in [0, 0.05) is 12.1 Å². The SMILES string of the molecule is CCCC(C)(C)NS(=O)(=O)c1cc(CN)cc(F)c1F. The van der Waals surface area contributed by atoms with E-state index >= 15 is 0 Å². The van der Waals surface area contributed by atoms with Gasteiger partial charge >= 0.3 is 0 Å². The zero-order chi connectivity index (χ0) is 15.6. The first-order valence-corrected chi connectivity index (χ1v) is 7.83. The van der Waals surface area contributed by atoms with E-state index in [2.05, 4.69) is 4.72 Å². The second-order valence-corrected chi connectivity index (χ2v) is 6.98. The van der Waals surface area contributed by atoms with E-state index in [0.717, 1.165) is 18.6 Å². The van der Waals surface area contributed by atoms with Crippen molar-refractivity contribution in [2.45, 2.75) is 50.6 Å². The summed E-state index contributed by atoms with van der Waals surface area (Å²) >= 11 is 0. The van der Waals surface area contributed by atoms with Gasteiger partial charge in [0.05, 0.1) is 0 Å². The third kappa shape index (κ3) is 3.97. The van der Waals surface area contributed by atoms with E-state index < -0.39 is 32.1 Å². The van der Waals surface area contributed by atoms with Gasteiger partial charge in [0.15, 0.2) is 11.6 Å². The maximum Gasteiger partial charge on any atom is 0.244 e. The molecule has 20 heavy (non-hydrogen) atoms. The molecule has 114 valence electrons. The van der Waals surface area contributed by atoms with E-state index in [4.69, 9.17) is 5.73 Å². The summed E-state index contributed by atoms with van der Waals surface area (Å²) in [6.45, 7) is 5.22. The number of sulfonamides is 1. The van der Waals surface area contributed by atoms with Crippen molar-refractivity contribution in [1.29, 1.82) is 0 Å². The second-order valence-electron chi connectivity index (χ2n) is 5.33. The highest BCUT2D eigenvalue weighted by molar-refractivity contribution is 7.89. The minimum absolute atomic E-state index is 0.0714. The molecular weight excluding hydrogens is 286 g/mol. The summed E-state index contributed by atoms with van der Waals surface area (Å²) in [4.78, 5) is -0.706. The molecule has 3 N–H and O–H groups in total. The van der Waals surface area contributed by atoms with Gasteiger partial charge in [-0.05, 0) is 38.0 Å². The number of hydrogen-bond donors (Lipinski definition) is 2. The Kier molecular flexibility index (Phi) is 5.23. The van der Waals surface area contributed by atoms with Gasteiger partial charge in [-0.25, -0.2) is 21.9 Å². The lowest BCUT2D eigenvalue weighted by molar-refractivity contribution is 0.414. The largest absolute Gasteiger partial charge is 0.326 e. The summed E-state index contributed by atoms with van der Waals surface area (Å²) in [5.74, 6) is -2.61. The molecule has 0 spiro atoms. The van der Waals surface area contributed by atoms with Crippen molar-refractivity contribution in [2.75, 3.05) is 0 Å². The van der Waals surface area contributed by atoms with Gasteiger partial charge in [0.1, 0.15) is 4.90 Å². The fourth-order valence-electron chi connectivity index (χ4n) is 2.03. The molecule has 0 heterocycles. The number of rotatable bonds is 6. The lowest BCUT2D eigenvalue weighted by atomic mass is 10.0. The molecule has 0 saturated heterocycles. The maximum absolute atomic E-state index is 13.7. The predicted octanol–water partition coefficient (Wildman–Crippen LogP) is 2.28. The summed E-state index contributed by atoms with van der Waals surface area (Å²) in [6, 6.07) is 1.95. The molecule has 1 rings (SSSR count). The van der Waals surface area contributed by atoms with Crippen molar-refractivity contribution in [2.24, 2.45) is 5.73 Å². The number of nitrogens with one attached hydrogen (secondary N) is 1. The Morgan fingerprint density at radius 3 is 2.40 bits per heavy atom. The van der Waals surface area contributed by atoms with Gasteiger partial charge in [0.2, 0.25) is 10.0 Å². The van der Waals surface area contributed by atoms with Crippen molar-refractivity contribution in [3.63, 3.8) is 0 Å². The van der Waals surface area contributed by atoms with Gasteiger partial charge in [0.25, 0.3) is 0 Å². The third-order valence-corrected chi connectivity index (χ3v) is 4.56. The van der Waals surface area contributed by atoms with Gasteiger partial charge in [-0.1, -0.05) is 13.3 Å². The molecule has 0 bridgehead atoms. The van der Waals surface area contributed by atoms with Crippen molar-refractivity contribution in [1.82, 2.24) is 4.72 Å². The standard InChI is InChI=1S/C13H20F2N2O2S/c1-4-5-13(2,3)17-20(18,19)11-7-9(8-16)6-10(14)12(11)15/h6-7,17H,4-5,8,16H2,1-3H3. The van der Waals surface area contributed by atoms with Gasteiger partial charge in [-0.2, -0.15) is 0 Å². The molecular formula is C13H20F2N2O2S. The number of benzene rings is 1. The first-order valence-electron chi connectivity index (χ1n) is 6.35. The highest BCUT2D eigenvalue weighted by atomic mass is 32.2. The number of hydrogen-bond acceptors (Lipinski definition) is 3. The Hall–Kier alpha value is -1.05. The van der Waals surface area contributed by atoms with Crippen molar-refractivity contribution in [3.05, 3.63) is 29.3 Å². The lowest BCUT2D eigenvalue weighted by Gasteiger charge is -2.25. The monoisotopic (exact) mass is 306 g/mol. The van der Waals surface area contributed by atoms with Crippen LogP contribution in [0.4, 0.5) is 8.78 Å². The fraction of sp³-hybridized carbons (Fsp3) is 0.538. The molecule has 1 aromatic rings. The quantitative estimate of drug-likeness (QED) is 0.847. The molecule has 0 aromatic heterocycles. The van der Waals surface area contributed by atoms with Crippen molar-refractivity contribution >= 4 is 10.0 Å². The van der Waals surface area contributed by atoms with E-state index in [1.807, 2.05) is 6.92 Å². The Labute approximate surface area is 118 Å². The molecule has 0 atom stereocenters. The molecule has 1 aromatic carbocycles. The van der Waals surface area contributed by atoms with Crippen LogP contribution in [0.5, 0.6) is 0 Å². The molecule has 4 nitrogen and oxygen atoms in total. The Morgan fingerprint density at radius 1 is 1.30 bits per heavy atom. The zero-order valence-corrected chi connectivity index (χ0v) is 12.7. The Balaban J connectivity index is 3.25. The second kappa shape index (κ2) is 6.15. The summed E-state index contributed by atoms with van der Waals surface area (Å²) in [7, 11) is -4.15. The molecule has 0 aliphatic heterocycles. The van der Waals surface area contributed by atoms with Crippen LogP contribution >= 0.6 is 0 Å². The van der Waals surface area contributed by atoms with Crippen molar-refractivity contribution < 1.29 is 17.2 Å². The summed E-state index contributed by atoms with van der Waals surface area (Å²) < 4.78 is 54.0. The topological polar surface area (TPSA) is 72.2 Å². The van der Waals surface area contributed by atoms with Crippen LogP contribution in [0.25, 0.3) is 0 Å². The first kappa shape index (κ1) is 17.0. The van der Waals surface area contributed by atoms with Gasteiger partial charge in [-0.3, -0.25) is 0 Å². The van der Waals surface area contributed by atoms with Crippen LogP contribution in [0, 0.1) is 11.6 Å². The number of halogens is 2. The average Bonchev–Trinajstić information content (AvgIpc) is 2.30. The zero-order valence-electron chi connectivity index (χ0n) is 11.8. The fourth-order valence-corrected chi connectivity index (χ4v) is 3.60. The highest BCUT2D eigenvalue weighted by Gasteiger charge is 2.29. The van der Waals surface area contributed by atoms with E-state index in [-0.39, 0.29) is 12.1 Å². The molecule has 0 radical (unpaired) electrons. The molecule has 0 saturated carbocycles. The molecule has 0 aliphatic rings. The molecule has 0 fully saturated rings. The summed E-state index contributed by atoms with van der Waals surface area (Å²) in [5, 5.41) is 0. The Bertz CT molecular complexity index is 586. The van der Waals surface area contributed by atoms with Crippen LogP contribution in [0.1, 0.15) is 39.2 Å². The highest BCUT2D eigenvalue weighted by Crippen LogP contribution is 2.22. The normalized spacial score (nSPS) is 12.7. The first-order chi connectivity index (χ1) is 9.13. The predicted molar refractivity (Wildman–Crippen MR) is 73.6 cm³/mol. The Morgan fingerprint density at radius 2 is 1.90 bits per heavy atom. The molecule has 0 amide bonds. The molecule has 7 heteroatoms. The average molecular weight is 306 g/mol. The van der Waals surface area contributed by atoms with Gasteiger partial charge < -0.3 is 5.73 Å². The van der Waals surface area contributed by atoms with Crippen LogP contribution in [0.3, 0.4) is 0 Å². The summed E-state index contributed by atoms with van der Waals surface area (Å²) in [5.41, 5.74) is 4.83. The maximum atomic E-state index is 13.7. The van der Waals surface area contributed by atoms with Crippen LogP contribution < -0.4 is 10.5 Å². The van der Waals surface area contributed by atoms with Crippen LogP contribution in [0.15, 0.2) is 17.0 Å². The van der Waals surface area contributed by atoms with Crippen LogP contribution in [-0.2, 0) is 16.6 Å². The number of nitrogens with two attached hydrogens (primary N) is 1. The van der Waals surface area contributed by atoms with E-state index in [1.54, 1.807) is 13.8 Å². The molecule has 0 aliphatic carbocycles. The van der Waals surface area contributed by atoms with E-state index in [0.29, 0.717) is 6.42 Å². The lowest BCUT2D eigenvalue weighted by Crippen LogP contribution is -2.43. The molecule has 0 unspecified atom stereocenters. The minimum Gasteiger partial charge on any atom is -0.326 e. The van der Waals surface area contributed by atoms with Crippen molar-refractivity contribution in [3.8, 4) is 0 Å². The van der Waals surface area contributed by atoms with E-state index in [1.165, 1.54) is 0 Å². The third-order valence-electron chi connectivity index (χ3n) is 2.87. The summed E-state index contributed by atoms with van der Waals surface area (Å²) in [6.07, 6.45) is 1.34.